The zero-order chi connectivity index (χ0) is 86.4. The van der Waals surface area contributed by atoms with Crippen LogP contribution in [0.15, 0.2) is 54.6 Å². The number of carboxylic acids is 1. The number of carbonyl (C=O) groups is 16. The highest BCUT2D eigenvalue weighted by Gasteiger charge is 2.49. The lowest BCUT2D eigenvalue weighted by Gasteiger charge is -2.27. The van der Waals surface area contributed by atoms with Crippen molar-refractivity contribution in [3.05, 3.63) is 93.8 Å². The normalized spacial score (nSPS) is 17.0. The van der Waals surface area contributed by atoms with Gasteiger partial charge < -0.3 is 73.6 Å². The summed E-state index contributed by atoms with van der Waals surface area (Å²) in [5, 5.41) is 21.1. The molecule has 37 nitrogen and oxygen atoms in total. The Kier molecular flexibility index (Phi) is 40.6. The Hall–Kier alpha value is -10.5. The van der Waals surface area contributed by atoms with E-state index in [1.165, 1.54) is 18.2 Å². The molecule has 9 rings (SSSR count). The summed E-state index contributed by atoms with van der Waals surface area (Å²) >= 11 is 0. The molecule has 6 heterocycles. The van der Waals surface area contributed by atoms with Gasteiger partial charge in [-0.05, 0) is 97.2 Å². The highest BCUT2D eigenvalue weighted by atomic mass is 19.4. The number of nitrogens with two attached hydrogens (primary N) is 1. The summed E-state index contributed by atoms with van der Waals surface area (Å²) in [5.74, 6) is -9.34. The van der Waals surface area contributed by atoms with E-state index in [-0.39, 0.29) is 116 Å². The monoisotopic (exact) mass is 1660 g/mol. The van der Waals surface area contributed by atoms with Crippen molar-refractivity contribution in [3.8, 4) is 0 Å². The van der Waals surface area contributed by atoms with Crippen LogP contribution in [0.3, 0.4) is 0 Å². The number of anilines is 2. The molecule has 0 saturated carbocycles. The number of piperidine rings is 3. The van der Waals surface area contributed by atoms with Gasteiger partial charge in [0.25, 0.3) is 35.4 Å². The number of aliphatic carboxylic acids is 1. The number of halogens is 4. The quantitative estimate of drug-likeness (QED) is 0.0141. The van der Waals surface area contributed by atoms with Crippen molar-refractivity contribution in [2.75, 3.05) is 149 Å². The summed E-state index contributed by atoms with van der Waals surface area (Å²) in [6.07, 6.45) is -4.88. The SMILES string of the molecule is CC(C)(C)OC(=O)CCOCCOCCOCCN.CC(C)(C)OC(=O)CCOCCOCCOCCNc1cccc2c1C(=O)N(C1CCC(=O)NC1=O)C2=O.O=C(O)CCOCCOCCOCCNc1cccc2c1C(=O)N(C1CCC(=O)NC1=O)C2=O.O=C1CCC(N2C(=O)c3cccc(F)c3C2=O)C(=O)N1.O=CC(F)(F)F. The first-order valence-electron chi connectivity index (χ1n) is 37.3. The Morgan fingerprint density at radius 2 is 0.718 bits per heavy atom. The third kappa shape index (κ3) is 32.8. The molecule has 0 aliphatic carbocycles. The highest BCUT2D eigenvalue weighted by molar-refractivity contribution is 6.27. The second-order valence-corrected chi connectivity index (χ2v) is 27.6. The molecule has 12 amide bonds. The lowest BCUT2D eigenvalue weighted by molar-refractivity contribution is -0.157. The number of hydrogen-bond donors (Lipinski definition) is 7. The van der Waals surface area contributed by atoms with Gasteiger partial charge in [-0.25, -0.2) is 4.39 Å². The first-order chi connectivity index (χ1) is 55.5. The Balaban J connectivity index is 0.000000281. The van der Waals surface area contributed by atoms with E-state index >= 15 is 0 Å². The van der Waals surface area contributed by atoms with Crippen LogP contribution in [0.4, 0.5) is 28.9 Å². The van der Waals surface area contributed by atoms with Gasteiger partial charge in [0.05, 0.1) is 172 Å². The van der Waals surface area contributed by atoms with Crippen LogP contribution in [0.25, 0.3) is 0 Å². The van der Waals surface area contributed by atoms with Gasteiger partial charge in [0.1, 0.15) is 35.1 Å². The van der Waals surface area contributed by atoms with Crippen LogP contribution in [0, 0.1) is 5.82 Å². The highest BCUT2D eigenvalue weighted by Crippen LogP contribution is 2.35. The third-order valence-electron chi connectivity index (χ3n) is 16.3. The Bertz CT molecular complexity index is 3980. The average molecular weight is 1660 g/mol. The van der Waals surface area contributed by atoms with Gasteiger partial charge in [0.15, 0.2) is 0 Å². The number of nitrogens with one attached hydrogen (secondary N) is 5. The standard InChI is InChI=1S/C26H35N3O9.C22H27N3O9.C13H9FN2O4.C13H27NO5.C2HF3O/c1-26(2,3)38-21(31)9-11-35-13-15-37-16-14-36-12-10-27-18-6-4-5-17-22(18)25(34)29(24(17)33)19-7-8-20(30)28-23(19)32;26-17-5-4-16(20(29)24-17)25-21(30)14-2-1-3-15(19(14)22(25)31)23-7-9-33-11-13-34-12-10-32-8-6-18(27)28;14-7-3-1-2-6-10(7)13(20)16(12(6)19)8-4-5-9(17)15-11(8)18;1-13(2,3)19-12(15)4-6-16-8-10-18-11-9-17-7-5-14;3-2(4,5)1-6/h4-6,19,27H,7-16H2,1-3H3,(H,28,30,32);1-3,16,23H,4-13H2,(H,27,28)(H,24,26,29);1-3,8H,4-5H2,(H,15,17,18);4-11,14H2,1-3H3;1H. The number of amides is 12. The first-order valence-corrected chi connectivity index (χ1v) is 37.3. The summed E-state index contributed by atoms with van der Waals surface area (Å²) < 4.78 is 103. The largest absolute Gasteiger partial charge is 0.481 e. The number of benzene rings is 3. The van der Waals surface area contributed by atoms with Gasteiger partial charge in [-0.1, -0.05) is 18.2 Å². The maximum absolute atomic E-state index is 13.7. The molecular formula is C76H99F4N9O28. The molecule has 0 bridgehead atoms. The number of esters is 2. The molecule has 3 atom stereocenters. The molecule has 6 aliphatic heterocycles. The van der Waals surface area contributed by atoms with E-state index < -0.39 is 124 Å². The third-order valence-corrected chi connectivity index (χ3v) is 16.3. The van der Waals surface area contributed by atoms with Gasteiger partial charge in [-0.3, -0.25) is 107 Å². The summed E-state index contributed by atoms with van der Waals surface area (Å²) in [5.41, 5.74) is 5.70. The molecule has 0 radical (unpaired) electrons. The van der Waals surface area contributed by atoms with E-state index in [4.69, 9.17) is 67.7 Å². The summed E-state index contributed by atoms with van der Waals surface area (Å²) in [7, 11) is 0. The van der Waals surface area contributed by atoms with E-state index in [1.807, 2.05) is 41.5 Å². The van der Waals surface area contributed by atoms with Crippen molar-refractivity contribution in [2.45, 2.75) is 135 Å². The van der Waals surface area contributed by atoms with Crippen molar-refractivity contribution in [1.82, 2.24) is 30.7 Å². The zero-order valence-electron chi connectivity index (χ0n) is 65.6. The summed E-state index contributed by atoms with van der Waals surface area (Å²) in [4.78, 5) is 191. The van der Waals surface area contributed by atoms with E-state index in [0.717, 1.165) is 20.8 Å². The lowest BCUT2D eigenvalue weighted by Crippen LogP contribution is -2.54. The molecule has 3 aromatic rings. The van der Waals surface area contributed by atoms with Gasteiger partial charge in [-0.2, -0.15) is 13.2 Å². The molecule has 8 N–H and O–H groups in total. The maximum atomic E-state index is 13.7. The van der Waals surface area contributed by atoms with Crippen LogP contribution in [-0.2, 0) is 100 Å². The molecule has 3 aromatic carbocycles. The molecule has 3 fully saturated rings. The van der Waals surface area contributed by atoms with Crippen LogP contribution in [-0.4, -0.2) is 289 Å². The molecule has 3 unspecified atom stereocenters. The van der Waals surface area contributed by atoms with Gasteiger partial charge in [0.2, 0.25) is 41.7 Å². The van der Waals surface area contributed by atoms with Gasteiger partial charge in [0, 0.05) is 50.3 Å². The number of ether oxygens (including phenoxy) is 11. The fraction of sp³-hybridized carbons (Fsp3) is 0.553. The average Bonchev–Trinajstić information content (AvgIpc) is 1.62. The molecule has 644 valence electrons. The minimum absolute atomic E-state index is 0.0340. The van der Waals surface area contributed by atoms with Crippen molar-refractivity contribution >= 4 is 106 Å². The number of imide groups is 6. The molecular weight excluding hydrogens is 1560 g/mol. The summed E-state index contributed by atoms with van der Waals surface area (Å²) in [6.45, 7) is 18.9. The number of nitrogens with zero attached hydrogens (tertiary/aromatic N) is 3. The predicted molar refractivity (Wildman–Crippen MR) is 398 cm³/mol. The topological polar surface area (TPSA) is 491 Å². The number of carbonyl (C=O) groups excluding carboxylic acids is 15. The lowest BCUT2D eigenvalue weighted by atomic mass is 10.0. The second-order valence-electron chi connectivity index (χ2n) is 27.6. The van der Waals surface area contributed by atoms with Crippen molar-refractivity contribution in [3.63, 3.8) is 0 Å². The van der Waals surface area contributed by atoms with E-state index in [1.54, 1.807) is 30.3 Å². The minimum atomic E-state index is -4.64. The number of hydrogen-bond acceptors (Lipinski definition) is 30. The molecule has 0 aromatic heterocycles. The molecule has 0 spiro atoms. The van der Waals surface area contributed by atoms with E-state index in [0.29, 0.717) is 137 Å². The fourth-order valence-corrected chi connectivity index (χ4v) is 11.3. The number of carboxylic acid groups (broad SMARTS) is 1. The van der Waals surface area contributed by atoms with Gasteiger partial charge in [-0.15, -0.1) is 0 Å². The Morgan fingerprint density at radius 3 is 1.01 bits per heavy atom. The Labute approximate surface area is 669 Å². The van der Waals surface area contributed by atoms with E-state index in [9.17, 15) is 89.5 Å². The van der Waals surface area contributed by atoms with Crippen LogP contribution >= 0.6 is 0 Å². The smallest absolute Gasteiger partial charge is 0.446 e. The molecule has 117 heavy (non-hydrogen) atoms. The van der Waals surface area contributed by atoms with Crippen molar-refractivity contribution in [1.29, 1.82) is 0 Å². The van der Waals surface area contributed by atoms with E-state index in [2.05, 4.69) is 26.6 Å². The zero-order valence-corrected chi connectivity index (χ0v) is 65.6. The van der Waals surface area contributed by atoms with Gasteiger partial charge >= 0.3 is 24.1 Å². The van der Waals surface area contributed by atoms with Crippen LogP contribution in [0.1, 0.15) is 161 Å². The minimum Gasteiger partial charge on any atom is -0.481 e. The number of alkyl halides is 3. The first kappa shape index (κ1) is 97.1. The fourth-order valence-electron chi connectivity index (χ4n) is 11.3. The van der Waals surface area contributed by atoms with Crippen LogP contribution < -0.4 is 32.3 Å². The predicted octanol–water partition coefficient (Wildman–Crippen LogP) is 3.01. The number of fused-ring (bicyclic) bond motifs is 3. The summed E-state index contributed by atoms with van der Waals surface area (Å²) in [6, 6.07) is 10.4. The Morgan fingerprint density at radius 1 is 0.436 bits per heavy atom. The number of rotatable bonds is 40. The van der Waals surface area contributed by atoms with Crippen molar-refractivity contribution < 1.29 is 151 Å². The molecule has 6 aliphatic rings. The maximum Gasteiger partial charge on any atom is 0.446 e. The molecule has 3 saturated heterocycles. The number of aldehydes is 1. The second kappa shape index (κ2) is 48.9. The van der Waals surface area contributed by atoms with Crippen molar-refractivity contribution in [2.24, 2.45) is 5.73 Å². The van der Waals surface area contributed by atoms with Crippen LogP contribution in [0.5, 0.6) is 0 Å². The molecule has 41 heteroatoms. The van der Waals surface area contributed by atoms with Crippen LogP contribution in [0.2, 0.25) is 0 Å².